The third kappa shape index (κ3) is 4.31. The van der Waals surface area contributed by atoms with Crippen LogP contribution in [0.5, 0.6) is 0 Å². The van der Waals surface area contributed by atoms with Crippen molar-refractivity contribution >= 4 is 18.0 Å². The number of amides is 2. The SMILES string of the molecule is CC(=O)NCCN(CC(=O)O)C(=O)OCC1c2ccccc2-c2ccccc21. The standard InChI is InChI=1S/C21H22N2O5/c1-14(24)22-10-11-23(12-20(25)26)21(27)28-13-19-17-8-4-2-6-15(17)16-7-3-5-9-18(16)19/h2-9,19H,10-13H2,1H3,(H,22,24)(H,25,26). The van der Waals surface area contributed by atoms with Gasteiger partial charge in [0, 0.05) is 25.9 Å². The summed E-state index contributed by atoms with van der Waals surface area (Å²) in [6.45, 7) is 1.20. The summed E-state index contributed by atoms with van der Waals surface area (Å²) in [6.07, 6.45) is -0.713. The summed E-state index contributed by atoms with van der Waals surface area (Å²) >= 11 is 0. The maximum absolute atomic E-state index is 12.5. The average Bonchev–Trinajstić information content (AvgIpc) is 2.99. The second-order valence-electron chi connectivity index (χ2n) is 6.60. The fraction of sp³-hybridized carbons (Fsp3) is 0.286. The molecule has 0 bridgehead atoms. The van der Waals surface area contributed by atoms with Crippen LogP contribution < -0.4 is 5.32 Å². The van der Waals surface area contributed by atoms with Gasteiger partial charge in [0.2, 0.25) is 5.91 Å². The smallest absolute Gasteiger partial charge is 0.410 e. The highest BCUT2D eigenvalue weighted by molar-refractivity contribution is 5.80. The molecule has 146 valence electrons. The van der Waals surface area contributed by atoms with Crippen molar-refractivity contribution in [3.63, 3.8) is 0 Å². The highest BCUT2D eigenvalue weighted by Gasteiger charge is 2.29. The molecule has 2 amide bonds. The lowest BCUT2D eigenvalue weighted by molar-refractivity contribution is -0.138. The number of carboxylic acid groups (broad SMARTS) is 1. The average molecular weight is 382 g/mol. The van der Waals surface area contributed by atoms with Gasteiger partial charge in [-0.2, -0.15) is 0 Å². The van der Waals surface area contributed by atoms with Crippen LogP contribution in [-0.2, 0) is 14.3 Å². The van der Waals surface area contributed by atoms with Gasteiger partial charge in [-0.05, 0) is 22.3 Å². The van der Waals surface area contributed by atoms with Gasteiger partial charge in [0.05, 0.1) is 0 Å². The summed E-state index contributed by atoms with van der Waals surface area (Å²) in [5, 5.41) is 11.6. The van der Waals surface area contributed by atoms with E-state index in [9.17, 15) is 14.4 Å². The molecule has 0 saturated heterocycles. The second-order valence-corrected chi connectivity index (χ2v) is 6.60. The molecule has 2 aromatic rings. The quantitative estimate of drug-likeness (QED) is 0.767. The number of ether oxygens (including phenoxy) is 1. The number of benzene rings is 2. The lowest BCUT2D eigenvalue weighted by Gasteiger charge is -2.22. The highest BCUT2D eigenvalue weighted by atomic mass is 16.6. The van der Waals surface area contributed by atoms with Crippen molar-refractivity contribution in [2.24, 2.45) is 0 Å². The minimum absolute atomic E-state index is 0.0581. The summed E-state index contributed by atoms with van der Waals surface area (Å²) in [5.41, 5.74) is 4.40. The molecule has 28 heavy (non-hydrogen) atoms. The van der Waals surface area contributed by atoms with Gasteiger partial charge in [-0.25, -0.2) is 4.79 Å². The number of nitrogens with one attached hydrogen (secondary N) is 1. The van der Waals surface area contributed by atoms with E-state index in [0.717, 1.165) is 27.2 Å². The van der Waals surface area contributed by atoms with E-state index in [2.05, 4.69) is 5.32 Å². The molecule has 0 radical (unpaired) electrons. The second kappa shape index (κ2) is 8.56. The first-order valence-electron chi connectivity index (χ1n) is 9.03. The Hall–Kier alpha value is -3.35. The highest BCUT2D eigenvalue weighted by Crippen LogP contribution is 2.44. The minimum atomic E-state index is -1.14. The Kier molecular flexibility index (Phi) is 5.93. The van der Waals surface area contributed by atoms with E-state index in [1.807, 2.05) is 48.5 Å². The molecule has 7 nitrogen and oxygen atoms in total. The van der Waals surface area contributed by atoms with E-state index in [4.69, 9.17) is 9.84 Å². The van der Waals surface area contributed by atoms with Crippen LogP contribution >= 0.6 is 0 Å². The van der Waals surface area contributed by atoms with Gasteiger partial charge in [-0.15, -0.1) is 0 Å². The number of hydrogen-bond donors (Lipinski definition) is 2. The van der Waals surface area contributed by atoms with E-state index in [0.29, 0.717) is 0 Å². The van der Waals surface area contributed by atoms with Crippen LogP contribution in [0, 0.1) is 0 Å². The molecule has 7 heteroatoms. The van der Waals surface area contributed by atoms with Crippen molar-refractivity contribution in [3.05, 3.63) is 59.7 Å². The van der Waals surface area contributed by atoms with Crippen molar-refractivity contribution in [1.29, 1.82) is 0 Å². The zero-order chi connectivity index (χ0) is 20.1. The Bertz CT molecular complexity index is 850. The molecule has 0 unspecified atom stereocenters. The molecule has 3 rings (SSSR count). The van der Waals surface area contributed by atoms with Crippen LogP contribution in [0.15, 0.2) is 48.5 Å². The van der Waals surface area contributed by atoms with E-state index in [-0.39, 0.29) is 31.5 Å². The third-order valence-corrected chi connectivity index (χ3v) is 4.68. The Labute approximate surface area is 162 Å². The summed E-state index contributed by atoms with van der Waals surface area (Å²) in [5.74, 6) is -1.49. The zero-order valence-corrected chi connectivity index (χ0v) is 15.6. The van der Waals surface area contributed by atoms with Gasteiger partial charge in [0.25, 0.3) is 0 Å². The molecular weight excluding hydrogens is 360 g/mol. The summed E-state index contributed by atoms with van der Waals surface area (Å²) in [7, 11) is 0. The normalized spacial score (nSPS) is 12.0. The van der Waals surface area contributed by atoms with Crippen LogP contribution in [0.25, 0.3) is 11.1 Å². The van der Waals surface area contributed by atoms with E-state index < -0.39 is 18.6 Å². The molecule has 0 heterocycles. The zero-order valence-electron chi connectivity index (χ0n) is 15.6. The maximum Gasteiger partial charge on any atom is 0.410 e. The van der Waals surface area contributed by atoms with Gasteiger partial charge in [-0.3, -0.25) is 14.5 Å². The van der Waals surface area contributed by atoms with Gasteiger partial charge in [0.15, 0.2) is 0 Å². The number of hydrogen-bond acceptors (Lipinski definition) is 4. The Balaban J connectivity index is 1.70. The molecule has 1 aliphatic carbocycles. The molecular formula is C21H22N2O5. The Morgan fingerprint density at radius 3 is 2.14 bits per heavy atom. The van der Waals surface area contributed by atoms with E-state index >= 15 is 0 Å². The Morgan fingerprint density at radius 2 is 1.61 bits per heavy atom. The van der Waals surface area contributed by atoms with Gasteiger partial charge in [-0.1, -0.05) is 48.5 Å². The summed E-state index contributed by atoms with van der Waals surface area (Å²) in [4.78, 5) is 35.6. The van der Waals surface area contributed by atoms with Crippen molar-refractivity contribution in [3.8, 4) is 11.1 Å². The molecule has 0 aromatic heterocycles. The van der Waals surface area contributed by atoms with Crippen molar-refractivity contribution in [1.82, 2.24) is 10.2 Å². The molecule has 1 aliphatic rings. The van der Waals surface area contributed by atoms with E-state index in [1.54, 1.807) is 0 Å². The lowest BCUT2D eigenvalue weighted by Crippen LogP contribution is -2.41. The first-order valence-corrected chi connectivity index (χ1v) is 9.03. The van der Waals surface area contributed by atoms with Crippen LogP contribution in [-0.4, -0.2) is 54.2 Å². The lowest BCUT2D eigenvalue weighted by atomic mass is 9.98. The van der Waals surface area contributed by atoms with Gasteiger partial charge >= 0.3 is 12.1 Å². The van der Waals surface area contributed by atoms with Crippen LogP contribution in [0.2, 0.25) is 0 Å². The maximum atomic E-state index is 12.5. The largest absolute Gasteiger partial charge is 0.480 e. The minimum Gasteiger partial charge on any atom is -0.480 e. The summed E-state index contributed by atoms with van der Waals surface area (Å²) < 4.78 is 5.47. The predicted octanol–water partition coefficient (Wildman–Crippen LogP) is 2.46. The number of fused-ring (bicyclic) bond motifs is 3. The summed E-state index contributed by atoms with van der Waals surface area (Å²) in [6, 6.07) is 16.0. The van der Waals surface area contributed by atoms with Gasteiger partial charge in [0.1, 0.15) is 13.2 Å². The molecule has 0 atom stereocenters. The number of nitrogens with zero attached hydrogens (tertiary/aromatic N) is 1. The molecule has 0 spiro atoms. The predicted molar refractivity (Wildman–Crippen MR) is 103 cm³/mol. The van der Waals surface area contributed by atoms with Crippen LogP contribution in [0.3, 0.4) is 0 Å². The topological polar surface area (TPSA) is 95.9 Å². The number of carbonyl (C=O) groups excluding carboxylic acids is 2. The molecule has 2 aromatic carbocycles. The van der Waals surface area contributed by atoms with Crippen LogP contribution in [0.1, 0.15) is 24.0 Å². The molecule has 0 saturated carbocycles. The first-order chi connectivity index (χ1) is 13.5. The Morgan fingerprint density at radius 1 is 1.04 bits per heavy atom. The molecule has 0 aliphatic heterocycles. The van der Waals surface area contributed by atoms with Crippen LogP contribution in [0.4, 0.5) is 4.79 Å². The number of carboxylic acids is 1. The fourth-order valence-electron chi connectivity index (χ4n) is 3.45. The fourth-order valence-corrected chi connectivity index (χ4v) is 3.45. The number of rotatable bonds is 7. The van der Waals surface area contributed by atoms with Crippen molar-refractivity contribution < 1.29 is 24.2 Å². The van der Waals surface area contributed by atoms with E-state index in [1.165, 1.54) is 6.92 Å². The third-order valence-electron chi connectivity index (χ3n) is 4.68. The first kappa shape index (κ1) is 19.4. The molecule has 2 N–H and O–H groups in total. The van der Waals surface area contributed by atoms with Crippen molar-refractivity contribution in [2.45, 2.75) is 12.8 Å². The monoisotopic (exact) mass is 382 g/mol. The van der Waals surface area contributed by atoms with Gasteiger partial charge < -0.3 is 15.2 Å². The number of carbonyl (C=O) groups is 3. The molecule has 0 fully saturated rings. The van der Waals surface area contributed by atoms with Crippen molar-refractivity contribution in [2.75, 3.05) is 26.2 Å². The number of aliphatic carboxylic acids is 1.